The highest BCUT2D eigenvalue weighted by Crippen LogP contribution is 2.61. The van der Waals surface area contributed by atoms with Crippen molar-refractivity contribution in [2.75, 3.05) is 18.4 Å². The van der Waals surface area contributed by atoms with Gasteiger partial charge in [-0.1, -0.05) is 37.6 Å². The summed E-state index contributed by atoms with van der Waals surface area (Å²) in [5.41, 5.74) is 2.22. The van der Waals surface area contributed by atoms with Gasteiger partial charge >= 0.3 is 5.97 Å². The molecule has 0 radical (unpaired) electrons. The summed E-state index contributed by atoms with van der Waals surface area (Å²) >= 11 is 1.66. The molecular formula is C24H30N4O2S. The molecule has 0 amide bonds. The molecule has 3 heterocycles. The van der Waals surface area contributed by atoms with Crippen LogP contribution in [0.1, 0.15) is 57.4 Å². The number of carboxylic acid groups (broad SMARTS) is 1. The molecule has 0 unspecified atom stereocenters. The first-order valence-corrected chi connectivity index (χ1v) is 12.2. The first-order chi connectivity index (χ1) is 15.0. The van der Waals surface area contributed by atoms with E-state index in [-0.39, 0.29) is 5.41 Å². The molecule has 2 aromatic rings. The van der Waals surface area contributed by atoms with Crippen LogP contribution < -0.4 is 5.32 Å². The molecule has 2 N–H and O–H groups in total. The third-order valence-corrected chi connectivity index (χ3v) is 8.45. The van der Waals surface area contributed by atoms with E-state index in [2.05, 4.69) is 45.3 Å². The summed E-state index contributed by atoms with van der Waals surface area (Å²) in [4.78, 5) is 24.4. The Morgan fingerprint density at radius 1 is 1.23 bits per heavy atom. The number of piperidine rings is 1. The van der Waals surface area contributed by atoms with E-state index in [1.807, 2.05) is 0 Å². The van der Waals surface area contributed by atoms with Crippen molar-refractivity contribution in [3.05, 3.63) is 36.2 Å². The largest absolute Gasteiger partial charge is 0.481 e. The summed E-state index contributed by atoms with van der Waals surface area (Å²) in [6.07, 6.45) is 10.4. The fourth-order valence-corrected chi connectivity index (χ4v) is 6.59. The highest BCUT2D eigenvalue weighted by molar-refractivity contribution is 7.99. The van der Waals surface area contributed by atoms with Gasteiger partial charge in [-0.05, 0) is 68.3 Å². The summed E-state index contributed by atoms with van der Waals surface area (Å²) in [6, 6.07) is 6.61. The van der Waals surface area contributed by atoms with E-state index in [0.717, 1.165) is 81.1 Å². The molecule has 164 valence electrons. The lowest BCUT2D eigenvalue weighted by atomic mass is 9.48. The average molecular weight is 439 g/mol. The molecule has 31 heavy (non-hydrogen) atoms. The standard InChI is InChI=1S/C24H30N4O2S/c1-2-3-6-24(22(29)30)15-23(16-24)7-11-28(12-8-23)14-17-4-5-19-18(13-17)27-20-21(31-19)26-10-9-25-20/h4-5,9-10,13H,2-3,6-8,11-12,14-16H2,1H3,(H,25,27)(H,29,30). The zero-order valence-electron chi connectivity index (χ0n) is 18.1. The van der Waals surface area contributed by atoms with Gasteiger partial charge in [-0.3, -0.25) is 9.69 Å². The van der Waals surface area contributed by atoms with Crippen molar-refractivity contribution in [2.24, 2.45) is 10.8 Å². The van der Waals surface area contributed by atoms with Crippen molar-refractivity contribution < 1.29 is 9.90 Å². The summed E-state index contributed by atoms with van der Waals surface area (Å²) < 4.78 is 0. The summed E-state index contributed by atoms with van der Waals surface area (Å²) in [6.45, 7) is 5.18. The first kappa shape index (κ1) is 20.8. The predicted octanol–water partition coefficient (Wildman–Crippen LogP) is 5.32. The zero-order chi connectivity index (χ0) is 21.5. The van der Waals surface area contributed by atoms with Gasteiger partial charge in [0.2, 0.25) is 0 Å². The third-order valence-electron chi connectivity index (χ3n) is 7.38. The number of unbranched alkanes of at least 4 members (excludes halogenated alkanes) is 1. The van der Waals surface area contributed by atoms with Crippen molar-refractivity contribution >= 4 is 29.2 Å². The number of hydrogen-bond acceptors (Lipinski definition) is 6. The molecule has 1 saturated heterocycles. The normalized spacial score (nSPS) is 20.9. The second-order valence-corrected chi connectivity index (χ2v) is 10.6. The van der Waals surface area contributed by atoms with E-state index in [1.54, 1.807) is 24.2 Å². The Kier molecular flexibility index (Phi) is 5.42. The van der Waals surface area contributed by atoms with E-state index >= 15 is 0 Å². The molecule has 1 aromatic carbocycles. The molecule has 0 atom stereocenters. The molecule has 3 aliphatic rings. The van der Waals surface area contributed by atoms with E-state index < -0.39 is 11.4 Å². The Morgan fingerprint density at radius 3 is 2.74 bits per heavy atom. The van der Waals surface area contributed by atoms with Crippen LogP contribution in [-0.4, -0.2) is 39.0 Å². The van der Waals surface area contributed by atoms with Gasteiger partial charge in [0.05, 0.1) is 11.1 Å². The van der Waals surface area contributed by atoms with Crippen LogP contribution in [-0.2, 0) is 11.3 Å². The Hall–Kier alpha value is -2.12. The van der Waals surface area contributed by atoms with Crippen LogP contribution in [0.2, 0.25) is 0 Å². The van der Waals surface area contributed by atoms with E-state index in [1.165, 1.54) is 10.5 Å². The van der Waals surface area contributed by atoms with Crippen LogP contribution in [0.3, 0.4) is 0 Å². The highest BCUT2D eigenvalue weighted by Gasteiger charge is 2.58. The van der Waals surface area contributed by atoms with Gasteiger partial charge < -0.3 is 10.4 Å². The molecule has 1 spiro atoms. The van der Waals surface area contributed by atoms with Gasteiger partial charge in [-0.15, -0.1) is 0 Å². The Balaban J connectivity index is 1.18. The van der Waals surface area contributed by atoms with Crippen molar-refractivity contribution in [1.29, 1.82) is 0 Å². The maximum Gasteiger partial charge on any atom is 0.309 e. The smallest absolute Gasteiger partial charge is 0.309 e. The molecule has 1 aliphatic carbocycles. The minimum absolute atomic E-state index is 0.263. The fourth-order valence-electron chi connectivity index (χ4n) is 5.71. The van der Waals surface area contributed by atoms with Gasteiger partial charge in [0.15, 0.2) is 5.82 Å². The first-order valence-electron chi connectivity index (χ1n) is 11.4. The number of benzene rings is 1. The second-order valence-electron chi connectivity index (χ2n) is 9.59. The van der Waals surface area contributed by atoms with Crippen LogP contribution in [0.15, 0.2) is 40.5 Å². The molecule has 5 rings (SSSR count). The molecular weight excluding hydrogens is 408 g/mol. The topological polar surface area (TPSA) is 78.4 Å². The number of aliphatic carboxylic acids is 1. The average Bonchev–Trinajstić information content (AvgIpc) is 2.75. The Bertz CT molecular complexity index is 979. The summed E-state index contributed by atoms with van der Waals surface area (Å²) in [5, 5.41) is 14.1. The molecule has 2 fully saturated rings. The van der Waals surface area contributed by atoms with E-state index in [9.17, 15) is 9.90 Å². The lowest BCUT2D eigenvalue weighted by molar-refractivity contribution is -0.172. The molecule has 1 saturated carbocycles. The third kappa shape index (κ3) is 3.94. The van der Waals surface area contributed by atoms with Crippen LogP contribution >= 0.6 is 11.8 Å². The Labute approximate surface area is 187 Å². The number of fused-ring (bicyclic) bond motifs is 2. The van der Waals surface area contributed by atoms with Crippen LogP contribution in [0, 0.1) is 10.8 Å². The lowest BCUT2D eigenvalue weighted by Gasteiger charge is -2.57. The van der Waals surface area contributed by atoms with E-state index in [0.29, 0.717) is 0 Å². The number of nitrogens with zero attached hydrogens (tertiary/aromatic N) is 3. The van der Waals surface area contributed by atoms with Gasteiger partial charge in [0.1, 0.15) is 5.03 Å². The summed E-state index contributed by atoms with van der Waals surface area (Å²) in [7, 11) is 0. The second kappa shape index (κ2) is 8.10. The maximum atomic E-state index is 11.9. The minimum atomic E-state index is -0.570. The van der Waals surface area contributed by atoms with Gasteiger partial charge in [-0.25, -0.2) is 9.97 Å². The van der Waals surface area contributed by atoms with Gasteiger partial charge in [0, 0.05) is 23.8 Å². The van der Waals surface area contributed by atoms with Gasteiger partial charge in [-0.2, -0.15) is 0 Å². The maximum absolute atomic E-state index is 11.9. The predicted molar refractivity (Wildman–Crippen MR) is 122 cm³/mol. The lowest BCUT2D eigenvalue weighted by Crippen LogP contribution is -2.55. The van der Waals surface area contributed by atoms with Crippen molar-refractivity contribution in [3.8, 4) is 0 Å². The number of likely N-dealkylation sites (tertiary alicyclic amines) is 1. The number of carboxylic acids is 1. The number of rotatable bonds is 6. The highest BCUT2D eigenvalue weighted by atomic mass is 32.2. The molecule has 7 heteroatoms. The van der Waals surface area contributed by atoms with Crippen LogP contribution in [0.25, 0.3) is 0 Å². The van der Waals surface area contributed by atoms with Crippen molar-refractivity contribution in [2.45, 2.75) is 68.3 Å². The zero-order valence-corrected chi connectivity index (χ0v) is 18.9. The molecule has 2 aliphatic heterocycles. The van der Waals surface area contributed by atoms with Gasteiger partial charge in [0.25, 0.3) is 0 Å². The minimum Gasteiger partial charge on any atom is -0.481 e. The van der Waals surface area contributed by atoms with E-state index in [4.69, 9.17) is 0 Å². The van der Waals surface area contributed by atoms with Crippen LogP contribution in [0.4, 0.5) is 11.5 Å². The number of carbonyl (C=O) groups is 1. The van der Waals surface area contributed by atoms with Crippen molar-refractivity contribution in [3.63, 3.8) is 0 Å². The SMILES string of the molecule is CCCCC1(C(=O)O)CC2(CCN(Cc3ccc4c(c3)Nc3nccnc3S4)CC2)C1. The number of hydrogen-bond donors (Lipinski definition) is 2. The quantitative estimate of drug-likeness (QED) is 0.539. The molecule has 6 nitrogen and oxygen atoms in total. The number of nitrogens with one attached hydrogen (secondary N) is 1. The molecule has 1 aromatic heterocycles. The monoisotopic (exact) mass is 438 g/mol. The van der Waals surface area contributed by atoms with Crippen LogP contribution in [0.5, 0.6) is 0 Å². The van der Waals surface area contributed by atoms with Crippen molar-refractivity contribution in [1.82, 2.24) is 14.9 Å². The molecule has 0 bridgehead atoms. The Morgan fingerprint density at radius 2 is 2.00 bits per heavy atom. The summed E-state index contributed by atoms with van der Waals surface area (Å²) in [5.74, 6) is 0.256. The number of aromatic nitrogens is 2. The number of anilines is 2. The fraction of sp³-hybridized carbons (Fsp3) is 0.542.